The van der Waals surface area contributed by atoms with E-state index in [0.717, 1.165) is 41.7 Å². The summed E-state index contributed by atoms with van der Waals surface area (Å²) in [5.41, 5.74) is 4.18. The number of Topliss-reactive ketones (excluding diaryl/α,β-unsaturated/α-hetero) is 2. The maximum Gasteiger partial charge on any atom is 0.409 e. The lowest BCUT2D eigenvalue weighted by atomic mass is 10.1. The molecule has 5 aliphatic heterocycles. The summed E-state index contributed by atoms with van der Waals surface area (Å²) < 4.78 is 365. The van der Waals surface area contributed by atoms with Crippen LogP contribution >= 0.6 is 10.7 Å². The van der Waals surface area contributed by atoms with Gasteiger partial charge in [-0.1, -0.05) is 0 Å². The quantitative estimate of drug-likeness (QED) is 0.0117. The Kier molecular flexibility index (Phi) is 27.7. The van der Waals surface area contributed by atoms with Gasteiger partial charge in [0.2, 0.25) is 30.1 Å². The number of fused-ring (bicyclic) bond motifs is 2. The Balaban J connectivity index is -0.000000326. The van der Waals surface area contributed by atoms with E-state index in [-0.39, 0.29) is 137 Å². The Hall–Kier alpha value is -10.0. The number of nitrogens with two attached hydrogens (primary N) is 1. The van der Waals surface area contributed by atoms with Gasteiger partial charge in [0.15, 0.2) is 69.5 Å². The van der Waals surface area contributed by atoms with Crippen LogP contribution in [-0.4, -0.2) is 264 Å². The second-order valence-electron chi connectivity index (χ2n) is 28.0. The number of nitrogens with zero attached hydrogens (tertiary/aromatic N) is 8. The summed E-state index contributed by atoms with van der Waals surface area (Å²) in [6, 6.07) is -0.253. The number of carbonyl (C=O) groups is 8. The first-order valence-corrected chi connectivity index (χ1v) is 43.6. The predicted molar refractivity (Wildman–Crippen MR) is 441 cm³/mol. The molecule has 8 atom stereocenters. The maximum atomic E-state index is 15.1. The Morgan fingerprint density at radius 2 is 0.885 bits per heavy atom. The number of aromatic nitrogens is 4. The van der Waals surface area contributed by atoms with Crippen LogP contribution in [-0.2, 0) is 86.3 Å². The molecule has 122 heavy (non-hydrogen) atoms. The molecule has 702 valence electrons. The Morgan fingerprint density at radius 1 is 0.525 bits per heavy atom. The lowest BCUT2D eigenvalue weighted by molar-refractivity contribution is 0.0994. The number of anilines is 2. The molecular weight excluding hydrogens is 1750 g/mol. The molecule has 0 spiro atoms. The van der Waals surface area contributed by atoms with Gasteiger partial charge in [-0.2, -0.15) is 0 Å². The monoisotopic (exact) mass is 1890 g/mol. The topological polar surface area (TPSA) is 499 Å². The second-order valence-corrected chi connectivity index (χ2v) is 35.6. The number of hydrogen-bond donors (Lipinski definition) is 9. The average molecular weight is 1890 g/mol. The summed E-state index contributed by atoms with van der Waals surface area (Å²) in [4.78, 5) is 98.7. The minimum absolute atomic E-state index is 0. The van der Waals surface area contributed by atoms with Gasteiger partial charge < -0.3 is 93.2 Å². The van der Waals surface area contributed by atoms with Crippen LogP contribution in [0.4, 0.5) is 65.7 Å². The van der Waals surface area contributed by atoms with Gasteiger partial charge in [-0.3, -0.25) is 19.2 Å². The van der Waals surface area contributed by atoms with E-state index in [4.69, 9.17) is 80.8 Å². The van der Waals surface area contributed by atoms with Gasteiger partial charge in [0.05, 0.1) is 38.7 Å². The van der Waals surface area contributed by atoms with Crippen molar-refractivity contribution in [1.29, 1.82) is 0 Å². The number of aryl methyl sites for hydroxylation is 4. The van der Waals surface area contributed by atoms with Crippen molar-refractivity contribution in [1.82, 2.24) is 52.0 Å². The number of amides is 6. The van der Waals surface area contributed by atoms with Crippen LogP contribution < -0.4 is 35.3 Å². The number of aliphatic hydroxyl groups is 3. The van der Waals surface area contributed by atoms with Gasteiger partial charge in [-0.05, 0) is 40.2 Å². The number of nitrogens with one attached hydrogen (secondary N) is 5. The standard InChI is InChI=1S/C20H22F4N4O6S.C20H21F3N4O6S.C16H25N3O6S.C8H16N2O3.C7H7ClFNO3S.13H2/c1-3-34-20(31)28-6-10(9-29)14(7-28)26-35(32,33)15-8-27(2)18(17(15)24)19(30)25-11-4-12(21)16(23)13(22)5-11;1-3-32-20(29)27-6-10-9-33-18-15(34(30,31)25-14(10)7-27)8-26(2)17(18)19(28)24-11-4-12(21)16(23)13(22)5-11;1-5-25-16(22)19-6-12(9-20)13(7-19)17-26(23,24)14-8-18(4)15(10(14)2)11(3)21;1-2-13-8(12)10-3-6(5-11)7(9)4-10;1-4(11)7-6(9)5(3-10(7)2)14(8,12)13;;;;;;;;;;;;;/h4-5,8,10,14,26,29H,3,6-7,9H2,1-2H3,(H,25,30);4-5,8,10,14,25H,3,6-7,9H2,1-2H3,(H,24,28);8,12-13,17,20H,5-7,9H2,1-4H3;6-7,11H,2-5,9H2,1H3;3H,1-2H3;13*1H/t2*10-,14-;12-,13-;6-,7-;;;;;;;;;;;;;;/m0000............../s1/i;;;;;12*1+1D;1+1. The molecule has 0 bridgehead atoms. The minimum atomic E-state index is -4.59. The van der Waals surface area contributed by atoms with Gasteiger partial charge >= 0.3 is 24.4 Å². The molecule has 4 fully saturated rings. The fraction of sp³-hybridized carbons (Fsp3) is 0.493. The molecule has 51 heteroatoms. The number of ketones is 2. The van der Waals surface area contributed by atoms with Crippen molar-refractivity contribution in [2.45, 2.75) is 92.2 Å². The minimum Gasteiger partial charge on any atom is -0.489 e. The van der Waals surface area contributed by atoms with Crippen molar-refractivity contribution in [3.63, 3.8) is 0 Å². The molecule has 5 aliphatic rings. The van der Waals surface area contributed by atoms with Crippen molar-refractivity contribution in [3.05, 3.63) is 124 Å². The second kappa shape index (κ2) is 41.4. The number of halogens is 9. The fourth-order valence-corrected chi connectivity index (χ4v) is 19.0. The van der Waals surface area contributed by atoms with Gasteiger partial charge in [0.1, 0.15) is 31.0 Å². The van der Waals surface area contributed by atoms with Gasteiger partial charge in [-0.15, -0.1) is 0 Å². The van der Waals surface area contributed by atoms with Gasteiger partial charge in [0.25, 0.3) is 20.9 Å². The molecule has 11 rings (SSSR count). The molecule has 6 aromatic rings. The van der Waals surface area contributed by atoms with Crippen LogP contribution in [0.1, 0.15) is 126 Å². The summed E-state index contributed by atoms with van der Waals surface area (Å²) in [5, 5.41) is 32.2. The van der Waals surface area contributed by atoms with Gasteiger partial charge in [-0.25, -0.2) is 102 Å². The third-order valence-corrected chi connectivity index (χ3v) is 25.2. The molecular formula is C71H117ClF8N14O24S4. The first-order chi connectivity index (χ1) is 69.0. The van der Waals surface area contributed by atoms with E-state index in [1.807, 2.05) is 5.32 Å². The molecule has 4 saturated heterocycles. The zero-order valence-electron chi connectivity index (χ0n) is 91.2. The highest BCUT2D eigenvalue weighted by atomic mass is 35.7. The summed E-state index contributed by atoms with van der Waals surface area (Å²) in [6.45, 7) is 12.3. The molecule has 9 heterocycles. The molecule has 6 amide bonds. The molecule has 0 saturated carbocycles. The van der Waals surface area contributed by atoms with E-state index in [1.165, 1.54) is 55.9 Å². The average Bonchev–Trinajstić information content (AvgIpc) is 1.60. The molecule has 4 aromatic heterocycles. The SMILES string of the molecule is CC(=O)c1c(F)c(S(=O)(=O)Cl)cn1C.CCOC(=O)N1C[C@@H](CO)[C@@H](N)C1.CCOC(=O)N1C[C@@H](CO)[C@@H](NS(=O)(=O)c2cn(C)c(C(=O)Nc3cc(F)c(F)c(F)c3)c2F)C1.CCOC(=O)N1C[C@@H](CO)[C@@H](NS(=O)(=O)c2cn(C)c(C(C)=O)c2C)C1.CCOC(=O)N1C[C@H]2COc3c(cn(C)c3C(=O)Nc3cc(F)c(F)c(F)c3)S(=O)(=O)N[C@H]2C1.[2HH].[2H][2H].[2H][2H].[2H][2H].[2H][2H].[2H][2H].[2H][2H].[2H][2H].[2H][2H].[2H][2H].[2H][2H].[2H][2H].[2H][2H]. The van der Waals surface area contributed by atoms with E-state index in [1.54, 1.807) is 41.7 Å². The summed E-state index contributed by atoms with van der Waals surface area (Å²) in [5.74, 6) is -17.0. The van der Waals surface area contributed by atoms with E-state index >= 15 is 4.39 Å². The molecule has 0 unspecified atom stereocenters. The van der Waals surface area contributed by atoms with Crippen LogP contribution in [0.15, 0.2) is 68.6 Å². The number of hydrogen-bond acceptors (Lipinski definition) is 25. The van der Waals surface area contributed by atoms with E-state index in [2.05, 4.69) is 19.5 Å². The summed E-state index contributed by atoms with van der Waals surface area (Å²) >= 11 is 0. The highest BCUT2D eigenvalue weighted by Crippen LogP contribution is 2.36. The number of ether oxygens (including phenoxy) is 5. The van der Waals surface area contributed by atoms with Crippen molar-refractivity contribution in [2.24, 2.45) is 57.6 Å². The largest absolute Gasteiger partial charge is 0.489 e. The first-order valence-electron chi connectivity index (χ1n) is 48.8. The predicted octanol–water partition coefficient (Wildman–Crippen LogP) is 7.53. The zero-order valence-corrected chi connectivity index (χ0v) is 71.2. The van der Waals surface area contributed by atoms with E-state index < -0.39 is 185 Å². The number of sulfonamides is 3. The van der Waals surface area contributed by atoms with E-state index in [0.29, 0.717) is 55.2 Å². The van der Waals surface area contributed by atoms with E-state index in [9.17, 15) is 113 Å². The third-order valence-electron chi connectivity index (χ3n) is 19.4. The highest BCUT2D eigenvalue weighted by molar-refractivity contribution is 8.13. The lowest BCUT2D eigenvalue weighted by Gasteiger charge is -2.23. The van der Waals surface area contributed by atoms with Crippen LogP contribution in [0.3, 0.4) is 0 Å². The zero-order chi connectivity index (χ0) is 115. The van der Waals surface area contributed by atoms with Crippen LogP contribution in [0.25, 0.3) is 0 Å². The number of carbonyl (C=O) groups excluding carboxylic acids is 8. The number of benzene rings is 2. The van der Waals surface area contributed by atoms with Crippen molar-refractivity contribution >= 4 is 109 Å². The molecule has 2 aromatic carbocycles. The molecule has 10 N–H and O–H groups in total. The van der Waals surface area contributed by atoms with Crippen molar-refractivity contribution < 1.29 is 183 Å². The lowest BCUT2D eigenvalue weighted by Crippen LogP contribution is -2.43. The maximum absolute atomic E-state index is 15.1. The smallest absolute Gasteiger partial charge is 0.409 e. The highest BCUT2D eigenvalue weighted by Gasteiger charge is 2.45. The van der Waals surface area contributed by atoms with Crippen molar-refractivity contribution in [2.75, 3.05) is 116 Å². The number of rotatable bonds is 20. The molecule has 0 radical (unpaired) electrons. The van der Waals surface area contributed by atoms with Crippen LogP contribution in [0.2, 0.25) is 0 Å². The molecule has 0 aliphatic carbocycles. The fourth-order valence-electron chi connectivity index (χ4n) is 13.5. The normalized spacial score (nSPS) is 20.5. The number of likely N-dealkylation sites (tertiary alicyclic amines) is 4. The van der Waals surface area contributed by atoms with Crippen molar-refractivity contribution in [3.8, 4) is 5.75 Å². The summed E-state index contributed by atoms with van der Waals surface area (Å²) in [7, 11) is -6.33. The number of aliphatic hydroxyl groups excluding tert-OH is 3. The van der Waals surface area contributed by atoms with Gasteiger partial charge in [0, 0.05) is 270 Å². The third kappa shape index (κ3) is 23.5. The van der Waals surface area contributed by atoms with Crippen LogP contribution in [0.5, 0.6) is 5.75 Å². The first kappa shape index (κ1) is 81.6. The Bertz CT molecular complexity index is 5460. The summed E-state index contributed by atoms with van der Waals surface area (Å²) in [6.07, 6.45) is 2.17. The Morgan fingerprint density at radius 3 is 1.27 bits per heavy atom. The van der Waals surface area contributed by atoms with Crippen LogP contribution in [0, 0.1) is 77.1 Å². The molecule has 38 nitrogen and oxygen atoms in total. The Labute approximate surface area is 737 Å².